The lowest BCUT2D eigenvalue weighted by molar-refractivity contribution is -0.123. The molecule has 3 N–H and O–H groups in total. The van der Waals surface area contributed by atoms with Crippen LogP contribution < -0.4 is 16.0 Å². The van der Waals surface area contributed by atoms with Crippen molar-refractivity contribution in [2.24, 2.45) is 5.92 Å². The maximum Gasteiger partial charge on any atom is 0.315 e. The molecule has 0 radical (unpaired) electrons. The first-order chi connectivity index (χ1) is 13.9. The molecule has 1 aliphatic heterocycles. The second-order valence-corrected chi connectivity index (χ2v) is 8.21. The zero-order valence-corrected chi connectivity index (χ0v) is 17.8. The number of carbonyl (C=O) groups is 2. The molecule has 0 spiro atoms. The van der Waals surface area contributed by atoms with Crippen molar-refractivity contribution < 1.29 is 14.0 Å². The zero-order chi connectivity index (χ0) is 21.2. The van der Waals surface area contributed by atoms with Gasteiger partial charge in [0.15, 0.2) is 0 Å². The largest absolute Gasteiger partial charge is 0.351 e. The second-order valence-electron chi connectivity index (χ2n) is 8.21. The van der Waals surface area contributed by atoms with Gasteiger partial charge in [-0.05, 0) is 56.3 Å². The molecule has 1 saturated heterocycles. The third-order valence-corrected chi connectivity index (χ3v) is 5.23. The van der Waals surface area contributed by atoms with Crippen LogP contribution in [-0.2, 0) is 11.3 Å². The van der Waals surface area contributed by atoms with Crippen molar-refractivity contribution in [1.82, 2.24) is 20.9 Å². The van der Waals surface area contributed by atoms with Crippen molar-refractivity contribution in [2.75, 3.05) is 19.6 Å². The molecule has 1 aliphatic rings. The zero-order valence-electron chi connectivity index (χ0n) is 17.8. The quantitative estimate of drug-likeness (QED) is 0.590. The Kier molecular flexibility index (Phi) is 9.38. The fourth-order valence-corrected chi connectivity index (χ4v) is 3.78. The van der Waals surface area contributed by atoms with Crippen LogP contribution in [0.2, 0.25) is 0 Å². The Hall–Kier alpha value is -2.15. The average molecular weight is 407 g/mol. The van der Waals surface area contributed by atoms with Gasteiger partial charge in [0.25, 0.3) is 0 Å². The molecule has 0 bridgehead atoms. The van der Waals surface area contributed by atoms with Crippen LogP contribution in [0.5, 0.6) is 0 Å². The smallest absolute Gasteiger partial charge is 0.315 e. The number of hydrogen-bond donors (Lipinski definition) is 3. The molecule has 0 aromatic heterocycles. The summed E-state index contributed by atoms with van der Waals surface area (Å²) in [5.74, 6) is 0.235. The number of halogens is 1. The first-order valence-electron chi connectivity index (χ1n) is 10.7. The Balaban J connectivity index is 1.79. The minimum atomic E-state index is -0.573. The maximum atomic E-state index is 13.0. The normalized spacial score (nSPS) is 19.2. The van der Waals surface area contributed by atoms with Gasteiger partial charge in [-0.15, -0.1) is 0 Å². The molecule has 162 valence electrons. The third kappa shape index (κ3) is 8.40. The SMILES string of the molecule is CCC[C@H](NC(=O)NCc1ccc(F)cc1)C(=O)N[C@H](C)CN1CCC[C@@H](C)C1. The van der Waals surface area contributed by atoms with E-state index in [2.05, 4.69) is 27.8 Å². The summed E-state index contributed by atoms with van der Waals surface area (Å²) in [5, 5.41) is 8.54. The molecule has 6 nitrogen and oxygen atoms in total. The molecule has 2 rings (SSSR count). The summed E-state index contributed by atoms with van der Waals surface area (Å²) in [6.45, 7) is 9.50. The van der Waals surface area contributed by atoms with Gasteiger partial charge in [-0.3, -0.25) is 4.79 Å². The van der Waals surface area contributed by atoms with Crippen molar-refractivity contribution in [2.45, 2.75) is 65.1 Å². The van der Waals surface area contributed by atoms with E-state index < -0.39 is 12.1 Å². The number of nitrogens with one attached hydrogen (secondary N) is 3. The van der Waals surface area contributed by atoms with E-state index in [0.717, 1.165) is 31.6 Å². The molecule has 0 unspecified atom stereocenters. The minimum absolute atomic E-state index is 0.0243. The Morgan fingerprint density at radius 1 is 1.24 bits per heavy atom. The van der Waals surface area contributed by atoms with Gasteiger partial charge in [-0.25, -0.2) is 9.18 Å². The van der Waals surface area contributed by atoms with Gasteiger partial charge < -0.3 is 20.9 Å². The summed E-state index contributed by atoms with van der Waals surface area (Å²) < 4.78 is 13.0. The van der Waals surface area contributed by atoms with E-state index in [1.165, 1.54) is 25.0 Å². The van der Waals surface area contributed by atoms with Crippen LogP contribution in [0, 0.1) is 11.7 Å². The van der Waals surface area contributed by atoms with Gasteiger partial charge in [0.2, 0.25) is 5.91 Å². The molecular weight excluding hydrogens is 371 g/mol. The molecule has 1 heterocycles. The molecule has 1 aromatic rings. The Labute approximate surface area is 173 Å². The van der Waals surface area contributed by atoms with Crippen LogP contribution in [0.4, 0.5) is 9.18 Å². The van der Waals surface area contributed by atoms with Crippen molar-refractivity contribution in [3.63, 3.8) is 0 Å². The van der Waals surface area contributed by atoms with Gasteiger partial charge in [-0.1, -0.05) is 32.4 Å². The summed E-state index contributed by atoms with van der Waals surface area (Å²) >= 11 is 0. The van der Waals surface area contributed by atoms with Gasteiger partial charge in [-0.2, -0.15) is 0 Å². The molecule has 3 atom stereocenters. The highest BCUT2D eigenvalue weighted by Gasteiger charge is 2.23. The number of piperidine rings is 1. The highest BCUT2D eigenvalue weighted by atomic mass is 19.1. The van der Waals surface area contributed by atoms with E-state index in [1.54, 1.807) is 12.1 Å². The first kappa shape index (κ1) is 23.1. The molecule has 1 fully saturated rings. The lowest BCUT2D eigenvalue weighted by atomic mass is 10.00. The Bertz CT molecular complexity index is 653. The molecule has 3 amide bonds. The number of hydrogen-bond acceptors (Lipinski definition) is 3. The van der Waals surface area contributed by atoms with Crippen LogP contribution in [-0.4, -0.2) is 48.6 Å². The maximum absolute atomic E-state index is 13.0. The minimum Gasteiger partial charge on any atom is -0.351 e. The number of carbonyl (C=O) groups excluding carboxylic acids is 2. The van der Waals surface area contributed by atoms with E-state index in [0.29, 0.717) is 12.3 Å². The third-order valence-electron chi connectivity index (χ3n) is 5.23. The average Bonchev–Trinajstić information content (AvgIpc) is 2.67. The predicted molar refractivity (Wildman–Crippen MR) is 113 cm³/mol. The predicted octanol–water partition coefficient (Wildman–Crippen LogP) is 3.03. The number of likely N-dealkylation sites (tertiary alicyclic amines) is 1. The fraction of sp³-hybridized carbons (Fsp3) is 0.636. The van der Waals surface area contributed by atoms with Crippen LogP contribution in [0.1, 0.15) is 52.0 Å². The molecule has 29 heavy (non-hydrogen) atoms. The highest BCUT2D eigenvalue weighted by Crippen LogP contribution is 2.15. The summed E-state index contributed by atoms with van der Waals surface area (Å²) in [7, 11) is 0. The van der Waals surface area contributed by atoms with Gasteiger partial charge >= 0.3 is 6.03 Å². The molecule has 0 saturated carbocycles. The number of nitrogens with zero attached hydrogens (tertiary/aromatic N) is 1. The van der Waals surface area contributed by atoms with Gasteiger partial charge in [0.05, 0.1) is 0 Å². The topological polar surface area (TPSA) is 73.5 Å². The monoisotopic (exact) mass is 406 g/mol. The highest BCUT2D eigenvalue weighted by molar-refractivity contribution is 5.87. The van der Waals surface area contributed by atoms with Crippen LogP contribution in [0.15, 0.2) is 24.3 Å². The number of rotatable bonds is 9. The lowest BCUT2D eigenvalue weighted by Gasteiger charge is -2.33. The van der Waals surface area contributed by atoms with E-state index in [9.17, 15) is 14.0 Å². The van der Waals surface area contributed by atoms with Crippen molar-refractivity contribution in [3.05, 3.63) is 35.6 Å². The summed E-state index contributed by atoms with van der Waals surface area (Å²) in [6.07, 6.45) is 3.83. The summed E-state index contributed by atoms with van der Waals surface area (Å²) in [4.78, 5) is 27.3. The number of benzene rings is 1. The first-order valence-corrected chi connectivity index (χ1v) is 10.7. The van der Waals surface area contributed by atoms with Crippen LogP contribution in [0.25, 0.3) is 0 Å². The van der Waals surface area contributed by atoms with E-state index >= 15 is 0 Å². The fourth-order valence-electron chi connectivity index (χ4n) is 3.78. The van der Waals surface area contributed by atoms with E-state index in [1.807, 2.05) is 13.8 Å². The summed E-state index contributed by atoms with van der Waals surface area (Å²) in [5.41, 5.74) is 0.794. The summed E-state index contributed by atoms with van der Waals surface area (Å²) in [6, 6.07) is 5.00. The number of urea groups is 1. The van der Waals surface area contributed by atoms with Gasteiger partial charge in [0.1, 0.15) is 11.9 Å². The van der Waals surface area contributed by atoms with Crippen LogP contribution >= 0.6 is 0 Å². The molecule has 7 heteroatoms. The molecule has 1 aromatic carbocycles. The lowest BCUT2D eigenvalue weighted by Crippen LogP contribution is -2.53. The standard InChI is InChI=1S/C22H35FN4O2/c1-4-6-20(26-22(29)24-13-18-8-10-19(23)11-9-18)21(28)25-17(3)15-27-12-5-7-16(2)14-27/h8-11,16-17,20H,4-7,12-15H2,1-3H3,(H,25,28)(H2,24,26,29)/t16-,17-,20+/m1/s1. The Morgan fingerprint density at radius 3 is 2.62 bits per heavy atom. The van der Waals surface area contributed by atoms with E-state index in [-0.39, 0.29) is 24.3 Å². The number of amides is 3. The van der Waals surface area contributed by atoms with Crippen molar-refractivity contribution >= 4 is 11.9 Å². The second kappa shape index (κ2) is 11.8. The van der Waals surface area contributed by atoms with Crippen LogP contribution in [0.3, 0.4) is 0 Å². The van der Waals surface area contributed by atoms with Crippen molar-refractivity contribution in [3.8, 4) is 0 Å². The van der Waals surface area contributed by atoms with Crippen molar-refractivity contribution in [1.29, 1.82) is 0 Å². The molecule has 0 aliphatic carbocycles. The molecular formula is C22H35FN4O2. The Morgan fingerprint density at radius 2 is 1.97 bits per heavy atom. The van der Waals surface area contributed by atoms with Gasteiger partial charge in [0, 0.05) is 25.7 Å². The van der Waals surface area contributed by atoms with E-state index in [4.69, 9.17) is 0 Å².